The topological polar surface area (TPSA) is 360 Å². The molecule has 0 aromatic rings. The zero-order valence-electron chi connectivity index (χ0n) is 18.0. The first-order valence-electron chi connectivity index (χ1n) is 9.21. The summed E-state index contributed by atoms with van der Waals surface area (Å²) < 4.78 is 84.0. The fourth-order valence-corrected chi connectivity index (χ4v) is 5.85. The summed E-state index contributed by atoms with van der Waals surface area (Å²) in [5.74, 6) is -1.34. The molecule has 1 saturated carbocycles. The van der Waals surface area contributed by atoms with Gasteiger partial charge < -0.3 is 53.7 Å². The van der Waals surface area contributed by atoms with E-state index in [2.05, 4.69) is 22.6 Å². The van der Waals surface area contributed by atoms with Gasteiger partial charge in [0.1, 0.15) is 30.5 Å². The van der Waals surface area contributed by atoms with Crippen molar-refractivity contribution in [1.29, 1.82) is 0 Å². The van der Waals surface area contributed by atoms with Crippen LogP contribution in [0.5, 0.6) is 0 Å². The number of phosphoric ester groups is 5. The lowest BCUT2D eigenvalue weighted by Gasteiger charge is -2.48. The van der Waals surface area contributed by atoms with Crippen molar-refractivity contribution >= 4 is 45.1 Å². The highest BCUT2D eigenvalue weighted by Crippen LogP contribution is 2.55. The molecule has 2 unspecified atom stereocenters. The van der Waals surface area contributed by atoms with E-state index in [0.717, 1.165) is 0 Å². The van der Waals surface area contributed by atoms with Crippen molar-refractivity contribution in [2.45, 2.75) is 56.4 Å². The molecule has 37 heavy (non-hydrogen) atoms. The molecule has 0 saturated heterocycles. The molecule has 10 N–H and O–H groups in total. The molecule has 0 bridgehead atoms. The number of hydrogen-bond acceptors (Lipinski definition) is 12. The van der Waals surface area contributed by atoms with Crippen LogP contribution in [0.15, 0.2) is 0 Å². The largest absolute Gasteiger partial charge is 0.470 e. The van der Waals surface area contributed by atoms with Crippen molar-refractivity contribution in [2.75, 3.05) is 0 Å². The molecular formula is C10H23O22P5. The predicted molar refractivity (Wildman–Crippen MR) is 109 cm³/mol. The zero-order chi connectivity index (χ0) is 29.2. The second kappa shape index (κ2) is 12.7. The number of carbonyl (C=O) groups excluding carboxylic acids is 1. The molecule has 1 fully saturated rings. The molecule has 0 spiro atoms. The van der Waals surface area contributed by atoms with Gasteiger partial charge in [-0.3, -0.25) is 27.4 Å². The molecule has 0 heterocycles. The molecule has 1 rings (SSSR count). The summed E-state index contributed by atoms with van der Waals surface area (Å²) in [5.41, 5.74) is 0. The van der Waals surface area contributed by atoms with Crippen molar-refractivity contribution in [3.63, 3.8) is 0 Å². The molecular weight excluding hydrogens is 627 g/mol. The van der Waals surface area contributed by atoms with Crippen LogP contribution in [0.2, 0.25) is 0 Å². The van der Waals surface area contributed by atoms with Crippen molar-refractivity contribution < 1.29 is 104 Å². The molecule has 0 aromatic heterocycles. The maximum atomic E-state index is 12.2. The lowest BCUT2D eigenvalue weighted by atomic mass is 9.85. The molecule has 27 heteroatoms. The monoisotopic (exact) mass is 650 g/mol. The molecule has 220 valence electrons. The maximum absolute atomic E-state index is 12.2. The minimum atomic E-state index is -5.93. The molecule has 0 amide bonds. The lowest BCUT2D eigenvalue weighted by Crippen LogP contribution is -2.67. The van der Waals surface area contributed by atoms with Crippen LogP contribution in [-0.4, -0.2) is 91.5 Å². The highest BCUT2D eigenvalue weighted by molar-refractivity contribution is 7.47. The van der Waals surface area contributed by atoms with Crippen LogP contribution < -0.4 is 0 Å². The van der Waals surface area contributed by atoms with E-state index < -0.39 is 88.1 Å². The van der Waals surface area contributed by atoms with Gasteiger partial charge in [-0.1, -0.05) is 6.92 Å². The third-order valence-corrected chi connectivity index (χ3v) is 6.55. The number of hydrogen-bond donors (Lipinski definition) is 10. The number of rotatable bonds is 13. The van der Waals surface area contributed by atoms with Crippen LogP contribution in [0.3, 0.4) is 0 Å². The van der Waals surface area contributed by atoms with Crippen LogP contribution in [0.1, 0.15) is 19.8 Å². The Labute approximate surface area is 206 Å². The first-order valence-corrected chi connectivity index (χ1v) is 16.9. The second-order valence-corrected chi connectivity index (χ2v) is 13.0. The van der Waals surface area contributed by atoms with Crippen molar-refractivity contribution in [2.24, 2.45) is 0 Å². The summed E-state index contributed by atoms with van der Waals surface area (Å²) in [5, 5.41) is 0. The van der Waals surface area contributed by atoms with Crippen LogP contribution >= 0.6 is 39.1 Å². The Bertz CT molecular complexity index is 968. The lowest BCUT2D eigenvalue weighted by molar-refractivity contribution is -0.219. The quantitative estimate of drug-likeness (QED) is 0.0768. The highest BCUT2D eigenvalue weighted by Gasteiger charge is 2.62. The molecule has 1 aliphatic rings. The molecule has 22 nitrogen and oxygen atoms in total. The Morgan fingerprint density at radius 3 is 0.919 bits per heavy atom. The first-order chi connectivity index (χ1) is 16.3. The van der Waals surface area contributed by atoms with Gasteiger partial charge in [0, 0.05) is 6.42 Å². The second-order valence-electron chi connectivity index (χ2n) is 7.01. The van der Waals surface area contributed by atoms with Crippen LogP contribution in [0.4, 0.5) is 0 Å². The Hall–Kier alpha value is 0.0200. The average molecular weight is 650 g/mol. The van der Waals surface area contributed by atoms with Gasteiger partial charge in [-0.15, -0.1) is 0 Å². The fraction of sp³-hybridized carbons (Fsp3) is 0.900. The van der Waals surface area contributed by atoms with Gasteiger partial charge in [0.15, 0.2) is 6.10 Å². The van der Waals surface area contributed by atoms with Gasteiger partial charge in [-0.05, 0) is 6.42 Å². The standard InChI is InChI=1S/C10H23O22P5/c1-2-3-4(11)27-5-6(28-33(12,13)14)8(30-35(18,19)20)10(32-37(24,25)26)9(31-36(21,22)23)7(5)29-34(15,16)17/h5-10H,2-3H2,1H3,(H2,12,13,14)(H2,15,16,17)(H2,18,19,20)(H2,21,22,23)(H2,24,25,26)/t5?,6-,7+,8+,9-,10?. The van der Waals surface area contributed by atoms with E-state index in [0.29, 0.717) is 0 Å². The Kier molecular flexibility index (Phi) is 12.0. The minimum absolute atomic E-state index is 0.0222. The van der Waals surface area contributed by atoms with Gasteiger partial charge >= 0.3 is 45.1 Å². The van der Waals surface area contributed by atoms with E-state index >= 15 is 0 Å². The summed E-state index contributed by atoms with van der Waals surface area (Å²) in [7, 11) is -29.5. The third kappa shape index (κ3) is 13.3. The maximum Gasteiger partial charge on any atom is 0.470 e. The summed E-state index contributed by atoms with van der Waals surface area (Å²) >= 11 is 0. The van der Waals surface area contributed by atoms with E-state index in [1.165, 1.54) is 6.92 Å². The van der Waals surface area contributed by atoms with E-state index in [9.17, 15) is 76.6 Å². The van der Waals surface area contributed by atoms with Gasteiger partial charge in [-0.25, -0.2) is 22.8 Å². The molecule has 0 aromatic carbocycles. The van der Waals surface area contributed by atoms with E-state index in [-0.39, 0.29) is 6.42 Å². The molecule has 6 atom stereocenters. The number of phosphoric acid groups is 5. The van der Waals surface area contributed by atoms with Gasteiger partial charge in [0.25, 0.3) is 0 Å². The summed E-state index contributed by atoms with van der Waals surface area (Å²) in [6.45, 7) is 1.42. The van der Waals surface area contributed by atoms with Crippen LogP contribution in [0.25, 0.3) is 0 Å². The molecule has 0 aliphatic heterocycles. The molecule has 1 aliphatic carbocycles. The summed E-state index contributed by atoms with van der Waals surface area (Å²) in [6.07, 6.45) is -17.7. The van der Waals surface area contributed by atoms with Gasteiger partial charge in [-0.2, -0.15) is 0 Å². The van der Waals surface area contributed by atoms with Crippen molar-refractivity contribution in [3.05, 3.63) is 0 Å². The first kappa shape index (κ1) is 35.0. The van der Waals surface area contributed by atoms with Crippen molar-refractivity contribution in [3.8, 4) is 0 Å². The zero-order valence-corrected chi connectivity index (χ0v) is 22.5. The Balaban J connectivity index is 4.00. The van der Waals surface area contributed by atoms with Gasteiger partial charge in [0.2, 0.25) is 0 Å². The van der Waals surface area contributed by atoms with Crippen LogP contribution in [0, 0.1) is 0 Å². The van der Waals surface area contributed by atoms with E-state index in [1.807, 2.05) is 0 Å². The van der Waals surface area contributed by atoms with Crippen molar-refractivity contribution in [1.82, 2.24) is 0 Å². The number of esters is 1. The normalized spacial score (nSPS) is 28.2. The fourth-order valence-electron chi connectivity index (χ4n) is 3.06. The number of ether oxygens (including phenoxy) is 1. The predicted octanol–water partition coefficient (Wildman–Crippen LogP) is -1.90. The smallest absolute Gasteiger partial charge is 0.457 e. The molecule has 0 radical (unpaired) electrons. The minimum Gasteiger partial charge on any atom is -0.457 e. The Morgan fingerprint density at radius 1 is 0.514 bits per heavy atom. The summed E-state index contributed by atoms with van der Waals surface area (Å²) in [6, 6.07) is 0. The third-order valence-electron chi connectivity index (χ3n) is 3.96. The van der Waals surface area contributed by atoms with Crippen LogP contribution in [-0.2, 0) is 55.0 Å². The SMILES string of the molecule is CCCC(=O)OC1[C@@H](OP(=O)(O)O)[C@H](OP(=O)(O)O)C(OP(=O)(O)O)[C@H](OP(=O)(O)O)[C@H]1OP(=O)(O)O. The highest BCUT2D eigenvalue weighted by atomic mass is 31.2. The summed E-state index contributed by atoms with van der Waals surface area (Å²) in [4.78, 5) is 105. The number of carbonyl (C=O) groups is 1. The Morgan fingerprint density at radius 2 is 0.730 bits per heavy atom. The van der Waals surface area contributed by atoms with E-state index in [4.69, 9.17) is 4.74 Å². The van der Waals surface area contributed by atoms with E-state index in [1.54, 1.807) is 0 Å². The average Bonchev–Trinajstić information content (AvgIpc) is 2.59. The van der Waals surface area contributed by atoms with Gasteiger partial charge in [0.05, 0.1) is 0 Å².